The third kappa shape index (κ3) is 8.45. The van der Waals surface area contributed by atoms with Crippen molar-refractivity contribution in [2.75, 3.05) is 6.79 Å². The van der Waals surface area contributed by atoms with Crippen LogP contribution in [0.25, 0.3) is 0 Å². The van der Waals surface area contributed by atoms with Gasteiger partial charge in [0.15, 0.2) is 6.79 Å². The van der Waals surface area contributed by atoms with Gasteiger partial charge in [0.05, 0.1) is 7.82 Å². The van der Waals surface area contributed by atoms with Crippen LogP contribution in [-0.4, -0.2) is 13.0 Å². The van der Waals surface area contributed by atoms with Crippen LogP contribution >= 0.6 is 7.82 Å². The van der Waals surface area contributed by atoms with Gasteiger partial charge in [-0.15, -0.1) is 0 Å². The monoisotopic (exact) mass is 347 g/mol. The van der Waals surface area contributed by atoms with Crippen molar-refractivity contribution >= 4 is 7.82 Å². The molecule has 22 heavy (non-hydrogen) atoms. The van der Waals surface area contributed by atoms with E-state index in [1.54, 1.807) is 0 Å². The van der Waals surface area contributed by atoms with Gasteiger partial charge in [-0.1, -0.05) is 19.3 Å². The Labute approximate surface area is 175 Å². The van der Waals surface area contributed by atoms with E-state index < -0.39 is 20.8 Å². The molecule has 6 nitrogen and oxygen atoms in total. The van der Waals surface area contributed by atoms with Crippen LogP contribution in [0.15, 0.2) is 23.4 Å². The zero-order valence-corrected chi connectivity index (χ0v) is 18.4. The number of hydrogen-bond donors (Lipinski definition) is 1. The molecular formula is C13H20NNa2O5P. The average molecular weight is 347 g/mol. The Kier molecular flexibility index (Phi) is 11.7. The summed E-state index contributed by atoms with van der Waals surface area (Å²) in [7, 11) is -4.98. The summed E-state index contributed by atoms with van der Waals surface area (Å²) in [6, 6.07) is 0. The van der Waals surface area contributed by atoms with Crippen LogP contribution in [0.3, 0.4) is 0 Å². The maximum atomic E-state index is 10.4. The Morgan fingerprint density at radius 2 is 1.91 bits per heavy atom. The van der Waals surface area contributed by atoms with Crippen molar-refractivity contribution < 1.29 is 82.7 Å². The molecule has 0 amide bonds. The fourth-order valence-corrected chi connectivity index (χ4v) is 2.88. The summed E-state index contributed by atoms with van der Waals surface area (Å²) in [6.45, 7) is 1.40. The van der Waals surface area contributed by atoms with E-state index in [9.17, 15) is 14.4 Å². The van der Waals surface area contributed by atoms with Gasteiger partial charge in [0.25, 0.3) is 0 Å². The number of allylic oxidation sites excluding steroid dienone is 3. The van der Waals surface area contributed by atoms with Crippen LogP contribution in [0.2, 0.25) is 0 Å². The molecule has 0 saturated heterocycles. The minimum absolute atomic E-state index is 0. The van der Waals surface area contributed by atoms with E-state index in [4.69, 9.17) is 4.74 Å². The largest absolute Gasteiger partial charge is 1.00 e. The molecule has 1 heterocycles. The van der Waals surface area contributed by atoms with Crippen LogP contribution < -0.4 is 74.2 Å². The smallest absolute Gasteiger partial charge is 0.790 e. The molecule has 1 N–H and O–H groups in total. The topological polar surface area (TPSA) is 93.7 Å². The Morgan fingerprint density at radius 1 is 1.27 bits per heavy atom. The normalized spacial score (nSPS) is 22.6. The van der Waals surface area contributed by atoms with Gasteiger partial charge in [0, 0.05) is 5.70 Å². The second kappa shape index (κ2) is 11.1. The molecule has 9 heteroatoms. The summed E-state index contributed by atoms with van der Waals surface area (Å²) in [5.41, 5.74) is 2.18. The number of ether oxygens (including phenoxy) is 1. The number of phosphoric ester groups is 1. The minimum atomic E-state index is -4.98. The Balaban J connectivity index is 0.00000220. The summed E-state index contributed by atoms with van der Waals surface area (Å²) in [5.74, 6) is 0.504. The summed E-state index contributed by atoms with van der Waals surface area (Å²) in [5, 5.41) is 3.23. The van der Waals surface area contributed by atoms with Gasteiger partial charge < -0.3 is 28.9 Å². The van der Waals surface area contributed by atoms with E-state index in [0.29, 0.717) is 5.92 Å². The quantitative estimate of drug-likeness (QED) is 0.305. The van der Waals surface area contributed by atoms with Crippen LogP contribution in [0, 0.1) is 5.92 Å². The van der Waals surface area contributed by atoms with Gasteiger partial charge in [0.1, 0.15) is 6.23 Å². The molecule has 0 aromatic heterocycles. The molecule has 0 bridgehead atoms. The second-order valence-corrected chi connectivity index (χ2v) is 6.42. The van der Waals surface area contributed by atoms with Gasteiger partial charge in [-0.3, -0.25) is 0 Å². The molecule has 1 aliphatic heterocycles. The van der Waals surface area contributed by atoms with Crippen molar-refractivity contribution in [2.45, 2.75) is 45.3 Å². The van der Waals surface area contributed by atoms with Crippen molar-refractivity contribution in [3.63, 3.8) is 0 Å². The van der Waals surface area contributed by atoms with Crippen molar-refractivity contribution in [1.82, 2.24) is 5.32 Å². The third-order valence-corrected chi connectivity index (χ3v) is 4.03. The first kappa shape index (κ1) is 23.4. The molecule has 0 radical (unpaired) electrons. The number of rotatable bonds is 5. The first-order valence-electron chi connectivity index (χ1n) is 6.89. The predicted molar refractivity (Wildman–Crippen MR) is 70.0 cm³/mol. The van der Waals surface area contributed by atoms with E-state index in [1.807, 2.05) is 13.0 Å². The maximum absolute atomic E-state index is 10.4. The molecule has 1 unspecified atom stereocenters. The first-order valence-corrected chi connectivity index (χ1v) is 8.35. The van der Waals surface area contributed by atoms with Crippen LogP contribution in [0.1, 0.15) is 39.0 Å². The van der Waals surface area contributed by atoms with Gasteiger partial charge in [-0.05, 0) is 43.4 Å². The first-order chi connectivity index (χ1) is 9.44. The van der Waals surface area contributed by atoms with Gasteiger partial charge in [-0.2, -0.15) is 0 Å². The molecular weight excluding hydrogens is 327 g/mol. The maximum Gasteiger partial charge on any atom is 1.00 e. The number of hydrogen-bond acceptors (Lipinski definition) is 6. The summed E-state index contributed by atoms with van der Waals surface area (Å²) in [6.07, 6.45) is 9.54. The minimum Gasteiger partial charge on any atom is -0.790 e. The third-order valence-electron chi connectivity index (χ3n) is 3.61. The number of dihydropyridines is 1. The van der Waals surface area contributed by atoms with Crippen LogP contribution in [-0.2, 0) is 13.8 Å². The molecule has 0 aromatic carbocycles. The second-order valence-electron chi connectivity index (χ2n) is 5.27. The zero-order chi connectivity index (χ0) is 14.6. The van der Waals surface area contributed by atoms with Gasteiger partial charge in [0.2, 0.25) is 0 Å². The fourth-order valence-electron chi connectivity index (χ4n) is 2.69. The summed E-state index contributed by atoms with van der Waals surface area (Å²) < 4.78 is 19.7. The van der Waals surface area contributed by atoms with Crippen molar-refractivity contribution in [3.8, 4) is 0 Å². The van der Waals surface area contributed by atoms with E-state index in [2.05, 4.69) is 15.9 Å². The van der Waals surface area contributed by atoms with E-state index in [-0.39, 0.29) is 59.1 Å². The molecule has 0 aromatic rings. The Morgan fingerprint density at radius 3 is 2.50 bits per heavy atom. The van der Waals surface area contributed by atoms with Gasteiger partial charge >= 0.3 is 59.1 Å². The molecule has 2 aliphatic rings. The van der Waals surface area contributed by atoms with Crippen molar-refractivity contribution in [3.05, 3.63) is 23.4 Å². The van der Waals surface area contributed by atoms with Crippen molar-refractivity contribution in [2.24, 2.45) is 5.92 Å². The molecule has 1 atom stereocenters. The van der Waals surface area contributed by atoms with E-state index in [1.165, 1.54) is 19.3 Å². The fraction of sp³-hybridized carbons (Fsp3) is 0.692. The van der Waals surface area contributed by atoms with E-state index in [0.717, 1.165) is 24.1 Å². The molecule has 1 fully saturated rings. The van der Waals surface area contributed by atoms with Crippen LogP contribution in [0.5, 0.6) is 0 Å². The molecule has 2 rings (SSSR count). The molecule has 114 valence electrons. The average Bonchev–Trinajstić information content (AvgIpc) is 2.37. The summed E-state index contributed by atoms with van der Waals surface area (Å²) >= 11 is 0. The van der Waals surface area contributed by atoms with Crippen LogP contribution in [0.4, 0.5) is 0 Å². The molecule has 1 aliphatic carbocycles. The van der Waals surface area contributed by atoms with E-state index >= 15 is 0 Å². The van der Waals surface area contributed by atoms with Gasteiger partial charge in [-0.25, -0.2) is 0 Å². The SMILES string of the molecule is CC1=CC(OCOP(=O)([O-])[O-])NC(C2CCCCC2)=C1.[Na+].[Na+]. The Bertz CT molecular complexity index is 446. The molecule has 0 spiro atoms. The molecule has 1 saturated carbocycles. The number of nitrogens with one attached hydrogen (secondary N) is 1. The zero-order valence-electron chi connectivity index (χ0n) is 13.5. The summed E-state index contributed by atoms with van der Waals surface area (Å²) in [4.78, 5) is 20.7. The predicted octanol–water partition coefficient (Wildman–Crippen LogP) is -4.85. The van der Waals surface area contributed by atoms with Crippen molar-refractivity contribution in [1.29, 1.82) is 0 Å². The standard InChI is InChI=1S/C13H22NO5P.2Na/c1-10-7-12(11-5-3-2-4-6-11)14-13(8-10)18-9-19-20(15,16)17;;/h7-8,11,13-14H,2-6,9H2,1H3,(H2,15,16,17);;/q;2*+1/p-2. The number of phosphoric acid groups is 1. The Hall–Kier alpha value is 1.35.